The van der Waals surface area contributed by atoms with Crippen molar-refractivity contribution in [1.82, 2.24) is 0 Å². The van der Waals surface area contributed by atoms with Crippen molar-refractivity contribution in [2.75, 3.05) is 0 Å². The Hall–Kier alpha value is -1.31. The van der Waals surface area contributed by atoms with Crippen LogP contribution in [0.4, 0.5) is 0 Å². The molecule has 0 heterocycles. The minimum absolute atomic E-state index is 0.110. The van der Waals surface area contributed by atoms with Crippen molar-refractivity contribution in [2.24, 2.45) is 5.41 Å². The van der Waals surface area contributed by atoms with E-state index < -0.39 is 5.97 Å². The molecule has 0 bridgehead atoms. The molecule has 0 aliphatic carbocycles. The fourth-order valence-electron chi connectivity index (χ4n) is 2.52. The molecule has 0 saturated heterocycles. The van der Waals surface area contributed by atoms with Crippen LogP contribution in [0, 0.1) is 5.41 Å². The van der Waals surface area contributed by atoms with E-state index in [2.05, 4.69) is 57.2 Å². The van der Waals surface area contributed by atoms with Crippen LogP contribution in [-0.4, -0.2) is 11.1 Å². The van der Waals surface area contributed by atoms with Gasteiger partial charge in [-0.3, -0.25) is 4.79 Å². The van der Waals surface area contributed by atoms with Gasteiger partial charge in [0.25, 0.3) is 0 Å². The van der Waals surface area contributed by atoms with E-state index in [1.807, 2.05) is 0 Å². The summed E-state index contributed by atoms with van der Waals surface area (Å²) in [5, 5.41) is 8.55. The molecule has 1 N–H and O–H groups in total. The Kier molecular flexibility index (Phi) is 14.4. The van der Waals surface area contributed by atoms with E-state index in [1.54, 1.807) is 0 Å². The van der Waals surface area contributed by atoms with Gasteiger partial charge in [-0.2, -0.15) is 0 Å². The lowest BCUT2D eigenvalue weighted by Gasteiger charge is -2.14. The van der Waals surface area contributed by atoms with E-state index in [4.69, 9.17) is 5.11 Å². The maximum absolute atomic E-state index is 10.4. The summed E-state index contributed by atoms with van der Waals surface area (Å²) in [5.41, 5.74) is 0.110. The van der Waals surface area contributed by atoms with Crippen molar-refractivity contribution in [3.8, 4) is 0 Å². The smallest absolute Gasteiger partial charge is 0.303 e. The summed E-state index contributed by atoms with van der Waals surface area (Å²) >= 11 is 0. The molecular formula is C22H38O2. The summed E-state index contributed by atoms with van der Waals surface area (Å²) in [4.78, 5) is 10.4. The van der Waals surface area contributed by atoms with Crippen molar-refractivity contribution in [3.05, 3.63) is 36.5 Å². The van der Waals surface area contributed by atoms with Crippen LogP contribution >= 0.6 is 0 Å². The van der Waals surface area contributed by atoms with Crippen molar-refractivity contribution >= 4 is 5.97 Å². The van der Waals surface area contributed by atoms with Crippen LogP contribution in [0.3, 0.4) is 0 Å². The molecule has 0 fully saturated rings. The molecule has 2 nitrogen and oxygen atoms in total. The number of hydrogen-bond donors (Lipinski definition) is 1. The van der Waals surface area contributed by atoms with Crippen LogP contribution in [0.1, 0.15) is 91.4 Å². The maximum atomic E-state index is 10.4. The molecule has 0 aliphatic rings. The fraction of sp³-hybridized carbons (Fsp3) is 0.682. The SMILES string of the molecule is CCCCCCCC/C=C/C(C)(C)/C=C/C/C=C/CCCC(=O)O. The zero-order valence-electron chi connectivity index (χ0n) is 16.1. The number of hydrogen-bond acceptors (Lipinski definition) is 1. The number of aliphatic carboxylic acids is 1. The van der Waals surface area contributed by atoms with Gasteiger partial charge in [-0.1, -0.05) is 89.3 Å². The Labute approximate surface area is 149 Å². The van der Waals surface area contributed by atoms with E-state index in [0.29, 0.717) is 0 Å². The molecule has 0 atom stereocenters. The van der Waals surface area contributed by atoms with Gasteiger partial charge in [0.05, 0.1) is 0 Å². The lowest BCUT2D eigenvalue weighted by Crippen LogP contribution is -2.01. The first kappa shape index (κ1) is 22.7. The minimum atomic E-state index is -0.710. The van der Waals surface area contributed by atoms with Crippen LogP contribution in [-0.2, 0) is 4.79 Å². The Balaban J connectivity index is 3.76. The highest BCUT2D eigenvalue weighted by molar-refractivity contribution is 5.66. The highest BCUT2D eigenvalue weighted by atomic mass is 16.4. The summed E-state index contributed by atoms with van der Waals surface area (Å²) in [6, 6.07) is 0. The molecule has 0 aromatic heterocycles. The molecule has 0 saturated carbocycles. The van der Waals surface area contributed by atoms with Crippen LogP contribution in [0.25, 0.3) is 0 Å². The molecule has 138 valence electrons. The van der Waals surface area contributed by atoms with Gasteiger partial charge >= 0.3 is 5.97 Å². The fourth-order valence-corrected chi connectivity index (χ4v) is 2.52. The average Bonchev–Trinajstić information content (AvgIpc) is 2.52. The first-order valence-corrected chi connectivity index (χ1v) is 9.70. The third-order valence-electron chi connectivity index (χ3n) is 4.02. The molecule has 0 aliphatic heterocycles. The predicted molar refractivity (Wildman–Crippen MR) is 105 cm³/mol. The second kappa shape index (κ2) is 15.2. The second-order valence-corrected chi connectivity index (χ2v) is 7.18. The Morgan fingerprint density at radius 2 is 1.46 bits per heavy atom. The van der Waals surface area contributed by atoms with Crippen molar-refractivity contribution in [3.63, 3.8) is 0 Å². The summed E-state index contributed by atoms with van der Waals surface area (Å²) in [7, 11) is 0. The molecular weight excluding hydrogens is 296 g/mol. The van der Waals surface area contributed by atoms with Gasteiger partial charge in [0.1, 0.15) is 0 Å². The zero-order chi connectivity index (χ0) is 18.1. The molecule has 0 spiro atoms. The van der Waals surface area contributed by atoms with Crippen LogP contribution in [0.15, 0.2) is 36.5 Å². The van der Waals surface area contributed by atoms with Crippen LogP contribution < -0.4 is 0 Å². The third kappa shape index (κ3) is 17.1. The molecule has 24 heavy (non-hydrogen) atoms. The molecule has 0 rings (SSSR count). The summed E-state index contributed by atoms with van der Waals surface area (Å²) < 4.78 is 0. The Morgan fingerprint density at radius 3 is 2.17 bits per heavy atom. The lowest BCUT2D eigenvalue weighted by molar-refractivity contribution is -0.137. The minimum Gasteiger partial charge on any atom is -0.481 e. The number of carbonyl (C=O) groups is 1. The zero-order valence-corrected chi connectivity index (χ0v) is 16.1. The first-order valence-electron chi connectivity index (χ1n) is 9.70. The lowest BCUT2D eigenvalue weighted by atomic mass is 9.91. The topological polar surface area (TPSA) is 37.3 Å². The van der Waals surface area contributed by atoms with E-state index >= 15 is 0 Å². The number of carboxylic acids is 1. The molecule has 0 unspecified atom stereocenters. The second-order valence-electron chi connectivity index (χ2n) is 7.18. The summed E-state index contributed by atoms with van der Waals surface area (Å²) in [6.07, 6.45) is 25.3. The number of carboxylic acid groups (broad SMARTS) is 1. The molecule has 0 aromatic rings. The summed E-state index contributed by atoms with van der Waals surface area (Å²) in [6.45, 7) is 6.73. The third-order valence-corrected chi connectivity index (χ3v) is 4.02. The first-order chi connectivity index (χ1) is 11.5. The van der Waals surface area contributed by atoms with E-state index in [9.17, 15) is 4.79 Å². The van der Waals surface area contributed by atoms with E-state index in [1.165, 1.54) is 44.9 Å². The average molecular weight is 335 g/mol. The quantitative estimate of drug-likeness (QED) is 0.257. The molecule has 2 heteroatoms. The largest absolute Gasteiger partial charge is 0.481 e. The predicted octanol–water partition coefficient (Wildman–Crippen LogP) is 7.08. The van der Waals surface area contributed by atoms with Gasteiger partial charge in [-0.05, 0) is 32.1 Å². The van der Waals surface area contributed by atoms with Crippen molar-refractivity contribution in [1.29, 1.82) is 0 Å². The van der Waals surface area contributed by atoms with E-state index in [-0.39, 0.29) is 11.8 Å². The highest BCUT2D eigenvalue weighted by Crippen LogP contribution is 2.20. The van der Waals surface area contributed by atoms with Crippen LogP contribution in [0.5, 0.6) is 0 Å². The standard InChI is InChI=1S/C22H38O2/c1-4-5-6-7-8-10-13-16-19-22(2,3)20-17-14-11-9-12-15-18-21(23)24/h9,11,16-17,19-20H,4-8,10,12-15,18H2,1-3H3,(H,23,24)/b11-9+,19-16+,20-17+. The number of allylic oxidation sites excluding steroid dienone is 6. The normalized spacial score (nSPS) is 12.8. The number of unbranched alkanes of at least 4 members (excludes halogenated alkanes) is 7. The van der Waals surface area contributed by atoms with Gasteiger partial charge in [0, 0.05) is 11.8 Å². The number of rotatable bonds is 15. The Morgan fingerprint density at radius 1 is 0.833 bits per heavy atom. The van der Waals surface area contributed by atoms with Gasteiger partial charge in [0.2, 0.25) is 0 Å². The van der Waals surface area contributed by atoms with Gasteiger partial charge in [0.15, 0.2) is 0 Å². The van der Waals surface area contributed by atoms with Gasteiger partial charge in [-0.15, -0.1) is 0 Å². The monoisotopic (exact) mass is 334 g/mol. The van der Waals surface area contributed by atoms with Gasteiger partial charge < -0.3 is 5.11 Å². The molecule has 0 amide bonds. The Bertz CT molecular complexity index is 389. The molecule has 0 aromatic carbocycles. The summed E-state index contributed by atoms with van der Waals surface area (Å²) in [5.74, 6) is -0.710. The molecule has 0 radical (unpaired) electrons. The van der Waals surface area contributed by atoms with Crippen molar-refractivity contribution in [2.45, 2.75) is 91.4 Å². The van der Waals surface area contributed by atoms with E-state index in [0.717, 1.165) is 19.3 Å². The van der Waals surface area contributed by atoms with Crippen LogP contribution in [0.2, 0.25) is 0 Å². The highest BCUT2D eigenvalue weighted by Gasteiger charge is 2.07. The van der Waals surface area contributed by atoms with Crippen molar-refractivity contribution < 1.29 is 9.90 Å². The maximum Gasteiger partial charge on any atom is 0.303 e. The van der Waals surface area contributed by atoms with Gasteiger partial charge in [-0.25, -0.2) is 0 Å².